The molecule has 0 aromatic heterocycles. The number of hydrogen-bond donors (Lipinski definition) is 2. The second-order valence-corrected chi connectivity index (χ2v) is 5.96. The lowest BCUT2D eigenvalue weighted by molar-refractivity contribution is -0.138. The maximum Gasteiger partial charge on any atom is 0.328 e. The van der Waals surface area contributed by atoms with E-state index in [4.69, 9.17) is 4.74 Å². The number of rotatable bonds is 5. The molecule has 2 amide bonds. The maximum atomic E-state index is 12.3. The molecule has 2 N–H and O–H groups in total. The number of carboxylic acid groups (broad SMARTS) is 1. The third kappa shape index (κ3) is 3.99. The minimum atomic E-state index is -1.07. The van der Waals surface area contributed by atoms with Gasteiger partial charge < -0.3 is 20.1 Å². The van der Waals surface area contributed by atoms with E-state index in [1.807, 2.05) is 6.07 Å². The summed E-state index contributed by atoms with van der Waals surface area (Å²) < 4.78 is 5.18. The molecule has 2 heterocycles. The summed E-state index contributed by atoms with van der Waals surface area (Å²) in [6.07, 6.45) is -0.0260. The van der Waals surface area contributed by atoms with Crippen LogP contribution in [0, 0.1) is 0 Å². The Morgan fingerprint density at radius 1 is 1.19 bits per heavy atom. The average molecular weight is 360 g/mol. The van der Waals surface area contributed by atoms with Crippen LogP contribution in [0.2, 0.25) is 0 Å². The zero-order valence-corrected chi connectivity index (χ0v) is 14.1. The molecule has 138 valence electrons. The van der Waals surface area contributed by atoms with Crippen LogP contribution >= 0.6 is 0 Å². The lowest BCUT2D eigenvalue weighted by Crippen LogP contribution is -2.46. The molecule has 0 aliphatic carbocycles. The van der Waals surface area contributed by atoms with Crippen molar-refractivity contribution in [3.63, 3.8) is 0 Å². The second-order valence-electron chi connectivity index (χ2n) is 5.96. The number of carbonyl (C=O) groups excluding carboxylic acids is 2. The van der Waals surface area contributed by atoms with Crippen LogP contribution in [-0.4, -0.2) is 72.4 Å². The van der Waals surface area contributed by atoms with Gasteiger partial charge in [0.2, 0.25) is 5.91 Å². The molecule has 1 aromatic rings. The smallest absolute Gasteiger partial charge is 0.328 e. The highest BCUT2D eigenvalue weighted by molar-refractivity contribution is 6.40. The molecule has 3 rings (SSSR count). The Kier molecular flexibility index (Phi) is 5.47. The van der Waals surface area contributed by atoms with Crippen molar-refractivity contribution >= 4 is 29.2 Å². The van der Waals surface area contributed by atoms with Crippen molar-refractivity contribution in [3.05, 3.63) is 30.3 Å². The molecule has 0 spiro atoms. The van der Waals surface area contributed by atoms with Gasteiger partial charge in [0.25, 0.3) is 5.91 Å². The number of hydrogen-bond acceptors (Lipinski definition) is 6. The molecule has 1 aromatic carbocycles. The summed E-state index contributed by atoms with van der Waals surface area (Å²) in [4.78, 5) is 37.5. The number of anilines is 1. The molecule has 9 nitrogen and oxygen atoms in total. The van der Waals surface area contributed by atoms with Gasteiger partial charge in [-0.05, 0) is 12.1 Å². The first-order valence-corrected chi connectivity index (χ1v) is 8.34. The number of hydrazone groups is 1. The first-order chi connectivity index (χ1) is 12.6. The molecule has 2 aliphatic rings. The van der Waals surface area contributed by atoms with Crippen molar-refractivity contribution in [2.24, 2.45) is 5.10 Å². The number of amides is 2. The summed E-state index contributed by atoms with van der Waals surface area (Å²) in [5, 5.41) is 17.4. The Morgan fingerprint density at radius 3 is 2.54 bits per heavy atom. The number of carbonyl (C=O) groups is 3. The minimum Gasteiger partial charge on any atom is -0.480 e. The molecule has 1 fully saturated rings. The number of benzene rings is 1. The number of nitrogens with one attached hydrogen (secondary N) is 1. The first-order valence-electron chi connectivity index (χ1n) is 8.34. The van der Waals surface area contributed by atoms with Gasteiger partial charge in [0.05, 0.1) is 25.4 Å². The largest absolute Gasteiger partial charge is 0.480 e. The molecule has 26 heavy (non-hydrogen) atoms. The fraction of sp³-hybridized carbons (Fsp3) is 0.412. The quantitative estimate of drug-likeness (QED) is 0.744. The minimum absolute atomic E-state index is 0.0260. The van der Waals surface area contributed by atoms with E-state index < -0.39 is 17.9 Å². The number of para-hydroxylation sites is 1. The van der Waals surface area contributed by atoms with Gasteiger partial charge in [-0.2, -0.15) is 5.10 Å². The number of carboxylic acids is 1. The van der Waals surface area contributed by atoms with Crippen molar-refractivity contribution in [1.82, 2.24) is 10.2 Å². The van der Waals surface area contributed by atoms with Crippen LogP contribution < -0.4 is 10.3 Å². The van der Waals surface area contributed by atoms with E-state index in [0.29, 0.717) is 32.0 Å². The highest BCUT2D eigenvalue weighted by Crippen LogP contribution is 2.24. The Morgan fingerprint density at radius 2 is 1.88 bits per heavy atom. The summed E-state index contributed by atoms with van der Waals surface area (Å²) >= 11 is 0. The van der Waals surface area contributed by atoms with E-state index in [1.165, 1.54) is 5.01 Å². The highest BCUT2D eigenvalue weighted by atomic mass is 16.5. The molecule has 0 saturated carbocycles. The van der Waals surface area contributed by atoms with Crippen LogP contribution in [0.3, 0.4) is 0 Å². The lowest BCUT2D eigenvalue weighted by atomic mass is 10.1. The zero-order chi connectivity index (χ0) is 18.5. The molecule has 0 bridgehead atoms. The van der Waals surface area contributed by atoms with Gasteiger partial charge in [-0.1, -0.05) is 18.2 Å². The first kappa shape index (κ1) is 17.9. The number of nitrogens with zero attached hydrogens (tertiary/aromatic N) is 3. The van der Waals surface area contributed by atoms with Gasteiger partial charge in [-0.15, -0.1) is 0 Å². The van der Waals surface area contributed by atoms with Gasteiger partial charge >= 0.3 is 5.97 Å². The monoisotopic (exact) mass is 360 g/mol. The normalized spacial score (nSPS) is 19.8. The Balaban J connectivity index is 1.63. The van der Waals surface area contributed by atoms with Gasteiger partial charge in [-0.3, -0.25) is 14.6 Å². The molecule has 9 heteroatoms. The standard InChI is InChI=1S/C17H20N4O5/c22-15(20-6-8-26-9-7-20)11-18-16(23)13-10-14(17(24)25)21(19-13)12-4-2-1-3-5-12/h1-5,14H,6-11H2,(H,18,23)(H,24,25). The molecule has 1 unspecified atom stereocenters. The molecular formula is C17H20N4O5. The highest BCUT2D eigenvalue weighted by Gasteiger charge is 2.36. The topological polar surface area (TPSA) is 112 Å². The van der Waals surface area contributed by atoms with Gasteiger partial charge in [0, 0.05) is 19.5 Å². The fourth-order valence-corrected chi connectivity index (χ4v) is 2.84. The average Bonchev–Trinajstić information content (AvgIpc) is 3.13. The van der Waals surface area contributed by atoms with Crippen LogP contribution in [0.25, 0.3) is 0 Å². The summed E-state index contributed by atoms with van der Waals surface area (Å²) in [6, 6.07) is 7.84. The molecule has 1 atom stereocenters. The summed E-state index contributed by atoms with van der Waals surface area (Å²) in [5.74, 6) is -1.80. The molecule has 2 aliphatic heterocycles. The lowest BCUT2D eigenvalue weighted by Gasteiger charge is -2.26. The van der Waals surface area contributed by atoms with Crippen molar-refractivity contribution in [3.8, 4) is 0 Å². The van der Waals surface area contributed by atoms with Crippen LogP contribution in [0.1, 0.15) is 6.42 Å². The van der Waals surface area contributed by atoms with Crippen LogP contribution in [0.5, 0.6) is 0 Å². The molecule has 0 radical (unpaired) electrons. The van der Waals surface area contributed by atoms with Crippen LogP contribution in [-0.2, 0) is 19.1 Å². The number of morpholine rings is 1. The van der Waals surface area contributed by atoms with E-state index in [-0.39, 0.29) is 24.6 Å². The molecular weight excluding hydrogens is 340 g/mol. The Labute approximate surface area is 150 Å². The predicted octanol–water partition coefficient (Wildman–Crippen LogP) is -0.319. The number of ether oxygens (including phenoxy) is 1. The van der Waals surface area contributed by atoms with Crippen molar-refractivity contribution in [1.29, 1.82) is 0 Å². The maximum absolute atomic E-state index is 12.3. The van der Waals surface area contributed by atoms with Crippen LogP contribution in [0.15, 0.2) is 35.4 Å². The van der Waals surface area contributed by atoms with Gasteiger partial charge in [0.15, 0.2) is 6.04 Å². The van der Waals surface area contributed by atoms with E-state index in [9.17, 15) is 19.5 Å². The van der Waals surface area contributed by atoms with Crippen LogP contribution in [0.4, 0.5) is 5.69 Å². The van der Waals surface area contributed by atoms with Crippen molar-refractivity contribution in [2.45, 2.75) is 12.5 Å². The van der Waals surface area contributed by atoms with Gasteiger partial charge in [0.1, 0.15) is 5.71 Å². The van der Waals surface area contributed by atoms with E-state index in [2.05, 4.69) is 10.4 Å². The van der Waals surface area contributed by atoms with E-state index in [0.717, 1.165) is 0 Å². The third-order valence-electron chi connectivity index (χ3n) is 4.24. The fourth-order valence-electron chi connectivity index (χ4n) is 2.84. The van der Waals surface area contributed by atoms with Crippen molar-refractivity contribution in [2.75, 3.05) is 37.9 Å². The molecule has 1 saturated heterocycles. The predicted molar refractivity (Wildman–Crippen MR) is 92.8 cm³/mol. The van der Waals surface area contributed by atoms with E-state index in [1.54, 1.807) is 29.2 Å². The Bertz CT molecular complexity index is 715. The number of aliphatic carboxylic acids is 1. The SMILES string of the molecule is O=C(NCC(=O)N1CCOCC1)C1=NN(c2ccccc2)C(C(=O)O)C1. The van der Waals surface area contributed by atoms with Crippen molar-refractivity contribution < 1.29 is 24.2 Å². The van der Waals surface area contributed by atoms with Gasteiger partial charge in [-0.25, -0.2) is 4.79 Å². The second kappa shape index (κ2) is 7.96. The van der Waals surface area contributed by atoms with E-state index >= 15 is 0 Å². The summed E-state index contributed by atoms with van der Waals surface area (Å²) in [7, 11) is 0. The summed E-state index contributed by atoms with van der Waals surface area (Å²) in [6.45, 7) is 1.81. The third-order valence-corrected chi connectivity index (χ3v) is 4.24. The Hall–Kier alpha value is -2.94. The zero-order valence-electron chi connectivity index (χ0n) is 14.1. The summed E-state index contributed by atoms with van der Waals surface area (Å²) in [5.41, 5.74) is 0.683.